The van der Waals surface area contributed by atoms with Gasteiger partial charge in [-0.25, -0.2) is 0 Å². The van der Waals surface area contributed by atoms with Gasteiger partial charge in [0.05, 0.1) is 6.10 Å². The zero-order valence-corrected chi connectivity index (χ0v) is 8.54. The number of amides is 1. The Labute approximate surface area is 88.3 Å². The summed E-state index contributed by atoms with van der Waals surface area (Å²) in [6, 6.07) is 1.84. The van der Waals surface area contributed by atoms with Crippen LogP contribution in [-0.2, 0) is 11.3 Å². The summed E-state index contributed by atoms with van der Waals surface area (Å²) in [6.45, 7) is 1.77. The lowest BCUT2D eigenvalue weighted by Gasteiger charge is -2.15. The van der Waals surface area contributed by atoms with E-state index in [1.165, 1.54) is 0 Å². The molecule has 0 radical (unpaired) electrons. The molecule has 0 unspecified atom stereocenters. The molecule has 1 fully saturated rings. The normalized spacial score (nSPS) is 20.9. The van der Waals surface area contributed by atoms with Gasteiger partial charge < -0.3 is 10.0 Å². The van der Waals surface area contributed by atoms with Crippen LogP contribution in [0.1, 0.15) is 12.8 Å². The second kappa shape index (κ2) is 4.44. The number of carbonyl (C=O) groups excluding carboxylic acids is 1. The number of nitrogens with zero attached hydrogens (tertiary/aromatic N) is 3. The lowest BCUT2D eigenvalue weighted by molar-refractivity contribution is -0.130. The number of hydrogen-bond donors (Lipinski definition) is 1. The lowest BCUT2D eigenvalue weighted by Crippen LogP contribution is -2.30. The third-order valence-electron chi connectivity index (χ3n) is 2.63. The van der Waals surface area contributed by atoms with Crippen LogP contribution in [0.15, 0.2) is 18.5 Å². The van der Waals surface area contributed by atoms with Crippen molar-refractivity contribution in [2.45, 2.75) is 25.5 Å². The van der Waals surface area contributed by atoms with Crippen molar-refractivity contribution in [2.24, 2.45) is 0 Å². The van der Waals surface area contributed by atoms with E-state index in [-0.39, 0.29) is 12.0 Å². The van der Waals surface area contributed by atoms with Crippen molar-refractivity contribution in [3.05, 3.63) is 18.5 Å². The molecule has 1 aromatic heterocycles. The zero-order valence-electron chi connectivity index (χ0n) is 8.54. The second-order valence-electron chi connectivity index (χ2n) is 3.80. The fourth-order valence-corrected chi connectivity index (χ4v) is 1.77. The van der Waals surface area contributed by atoms with E-state index in [0.29, 0.717) is 32.5 Å². The largest absolute Gasteiger partial charge is 0.391 e. The number of rotatable bonds is 3. The predicted molar refractivity (Wildman–Crippen MR) is 54.0 cm³/mol. The second-order valence-corrected chi connectivity index (χ2v) is 3.80. The molecule has 1 aliphatic heterocycles. The van der Waals surface area contributed by atoms with Crippen molar-refractivity contribution in [1.82, 2.24) is 14.7 Å². The van der Waals surface area contributed by atoms with Gasteiger partial charge in [-0.3, -0.25) is 9.48 Å². The topological polar surface area (TPSA) is 58.4 Å². The van der Waals surface area contributed by atoms with Gasteiger partial charge in [-0.15, -0.1) is 0 Å². The summed E-state index contributed by atoms with van der Waals surface area (Å²) in [5, 5.41) is 13.3. The summed E-state index contributed by atoms with van der Waals surface area (Å²) in [5.41, 5.74) is 0. The molecule has 1 N–H and O–H groups in total. The Morgan fingerprint density at radius 1 is 1.60 bits per heavy atom. The number of β-amino-alcohol motifs (C(OH)–C–C–N with tert-alkyl or cyclic N) is 1. The minimum atomic E-state index is -0.335. The van der Waals surface area contributed by atoms with Crippen molar-refractivity contribution in [3.63, 3.8) is 0 Å². The quantitative estimate of drug-likeness (QED) is 0.754. The Bertz CT molecular complexity index is 323. The summed E-state index contributed by atoms with van der Waals surface area (Å²) in [7, 11) is 0. The molecule has 2 heterocycles. The monoisotopic (exact) mass is 209 g/mol. The van der Waals surface area contributed by atoms with Gasteiger partial charge in [-0.05, 0) is 12.5 Å². The van der Waals surface area contributed by atoms with E-state index < -0.39 is 0 Å². The average molecular weight is 209 g/mol. The highest BCUT2D eigenvalue weighted by Gasteiger charge is 2.23. The third-order valence-corrected chi connectivity index (χ3v) is 2.63. The Morgan fingerprint density at radius 3 is 3.07 bits per heavy atom. The fraction of sp³-hybridized carbons (Fsp3) is 0.600. The molecule has 1 amide bonds. The fourth-order valence-electron chi connectivity index (χ4n) is 1.77. The Hall–Kier alpha value is -1.36. The van der Waals surface area contributed by atoms with Crippen LogP contribution in [0.2, 0.25) is 0 Å². The molecule has 1 aromatic rings. The maximum Gasteiger partial charge on any atom is 0.224 e. The van der Waals surface area contributed by atoms with Gasteiger partial charge in [0, 0.05) is 38.4 Å². The molecular weight excluding hydrogens is 194 g/mol. The highest BCUT2D eigenvalue weighted by atomic mass is 16.3. The van der Waals surface area contributed by atoms with E-state index in [0.717, 1.165) is 0 Å². The van der Waals surface area contributed by atoms with Crippen molar-refractivity contribution in [3.8, 4) is 0 Å². The van der Waals surface area contributed by atoms with E-state index in [4.69, 9.17) is 0 Å². The number of carbonyl (C=O) groups is 1. The van der Waals surface area contributed by atoms with E-state index in [1.807, 2.05) is 12.3 Å². The van der Waals surface area contributed by atoms with E-state index in [1.54, 1.807) is 15.8 Å². The van der Waals surface area contributed by atoms with Gasteiger partial charge >= 0.3 is 0 Å². The van der Waals surface area contributed by atoms with Gasteiger partial charge in [0.1, 0.15) is 0 Å². The molecule has 0 spiro atoms. The molecule has 1 saturated heterocycles. The van der Waals surface area contributed by atoms with Crippen LogP contribution in [0.4, 0.5) is 0 Å². The first-order valence-electron chi connectivity index (χ1n) is 5.19. The number of aliphatic hydroxyl groups excluding tert-OH is 1. The molecule has 0 aromatic carbocycles. The summed E-state index contributed by atoms with van der Waals surface area (Å²) < 4.78 is 1.74. The zero-order chi connectivity index (χ0) is 10.7. The van der Waals surface area contributed by atoms with Crippen molar-refractivity contribution >= 4 is 5.91 Å². The highest BCUT2D eigenvalue weighted by Crippen LogP contribution is 2.10. The smallest absolute Gasteiger partial charge is 0.224 e. The summed E-state index contributed by atoms with van der Waals surface area (Å²) >= 11 is 0. The number of likely N-dealkylation sites (tertiary alicyclic amines) is 1. The molecule has 0 aliphatic carbocycles. The highest BCUT2D eigenvalue weighted by molar-refractivity contribution is 5.76. The molecule has 82 valence electrons. The Morgan fingerprint density at radius 2 is 2.47 bits per heavy atom. The van der Waals surface area contributed by atoms with E-state index >= 15 is 0 Å². The van der Waals surface area contributed by atoms with Crippen LogP contribution in [0.5, 0.6) is 0 Å². The minimum absolute atomic E-state index is 0.0991. The van der Waals surface area contributed by atoms with Crippen molar-refractivity contribution < 1.29 is 9.90 Å². The van der Waals surface area contributed by atoms with Crippen molar-refractivity contribution in [2.75, 3.05) is 13.1 Å². The Balaban J connectivity index is 1.78. The summed E-state index contributed by atoms with van der Waals surface area (Å²) in [5.74, 6) is 0.0991. The first-order valence-corrected chi connectivity index (χ1v) is 5.19. The first-order chi connectivity index (χ1) is 7.25. The first kappa shape index (κ1) is 10.2. The van der Waals surface area contributed by atoms with E-state index in [9.17, 15) is 9.90 Å². The standard InChI is InChI=1S/C10H15N3O2/c14-9-2-6-12(8-9)10(15)3-7-13-5-1-4-11-13/h1,4-5,9,14H,2-3,6-8H2/t9-/m0/s1. The predicted octanol–water partition coefficient (Wildman–Crippen LogP) is -0.134. The van der Waals surface area contributed by atoms with Gasteiger partial charge in [0.2, 0.25) is 5.91 Å². The van der Waals surface area contributed by atoms with Crippen LogP contribution >= 0.6 is 0 Å². The number of aryl methyl sites for hydroxylation is 1. The van der Waals surface area contributed by atoms with Crippen LogP contribution in [-0.4, -0.2) is 44.9 Å². The van der Waals surface area contributed by atoms with Gasteiger partial charge in [-0.2, -0.15) is 5.10 Å². The van der Waals surface area contributed by atoms with Gasteiger partial charge in [-0.1, -0.05) is 0 Å². The van der Waals surface area contributed by atoms with Crippen molar-refractivity contribution in [1.29, 1.82) is 0 Å². The number of aromatic nitrogens is 2. The van der Waals surface area contributed by atoms with Crippen LogP contribution in [0.25, 0.3) is 0 Å². The van der Waals surface area contributed by atoms with Gasteiger partial charge in [0.25, 0.3) is 0 Å². The van der Waals surface area contributed by atoms with Crippen LogP contribution < -0.4 is 0 Å². The van der Waals surface area contributed by atoms with E-state index in [2.05, 4.69) is 5.10 Å². The summed E-state index contributed by atoms with van der Waals surface area (Å²) in [4.78, 5) is 13.4. The average Bonchev–Trinajstić information content (AvgIpc) is 2.84. The summed E-state index contributed by atoms with van der Waals surface area (Å²) in [6.07, 6.45) is 4.36. The molecule has 5 heteroatoms. The SMILES string of the molecule is O=C(CCn1cccn1)N1CC[C@H](O)C1. The molecule has 1 aliphatic rings. The molecule has 15 heavy (non-hydrogen) atoms. The van der Waals surface area contributed by atoms with Crippen LogP contribution in [0, 0.1) is 0 Å². The van der Waals surface area contributed by atoms with Crippen LogP contribution in [0.3, 0.4) is 0 Å². The molecule has 0 saturated carbocycles. The maximum absolute atomic E-state index is 11.7. The molecule has 5 nitrogen and oxygen atoms in total. The minimum Gasteiger partial charge on any atom is -0.391 e. The third kappa shape index (κ3) is 2.56. The molecule has 1 atom stereocenters. The number of hydrogen-bond acceptors (Lipinski definition) is 3. The molecule has 2 rings (SSSR count). The lowest BCUT2D eigenvalue weighted by atomic mass is 10.3. The maximum atomic E-state index is 11.7. The number of aliphatic hydroxyl groups is 1. The van der Waals surface area contributed by atoms with Gasteiger partial charge in [0.15, 0.2) is 0 Å². The molecule has 0 bridgehead atoms. The Kier molecular flexibility index (Phi) is 3.01. The molecular formula is C10H15N3O2.